The first-order valence-corrected chi connectivity index (χ1v) is 7.88. The summed E-state index contributed by atoms with van der Waals surface area (Å²) in [6.45, 7) is 2.57. The van der Waals surface area contributed by atoms with Gasteiger partial charge in [0.15, 0.2) is 11.7 Å². The third kappa shape index (κ3) is 4.00. The minimum Gasteiger partial charge on any atom is -0.439 e. The summed E-state index contributed by atoms with van der Waals surface area (Å²) in [5.74, 6) is 2.20. The molecule has 0 saturated carbocycles. The largest absolute Gasteiger partial charge is 0.439 e. The lowest BCUT2D eigenvalue weighted by Crippen LogP contribution is -2.42. The van der Waals surface area contributed by atoms with Crippen LogP contribution in [-0.2, 0) is 6.54 Å². The molecule has 2 aromatic rings. The number of benzene rings is 1. The zero-order valence-corrected chi connectivity index (χ0v) is 13.5. The van der Waals surface area contributed by atoms with Gasteiger partial charge in [0, 0.05) is 18.7 Å². The number of aromatic nitrogens is 1. The molecular weight excluding hydrogens is 288 g/mol. The van der Waals surface area contributed by atoms with Crippen LogP contribution in [0.5, 0.6) is 0 Å². The van der Waals surface area contributed by atoms with Crippen molar-refractivity contribution in [3.05, 3.63) is 54.1 Å². The average Bonchev–Trinajstić information content (AvgIpc) is 3.24. The van der Waals surface area contributed by atoms with E-state index in [4.69, 9.17) is 4.42 Å². The number of oxazole rings is 1. The summed E-state index contributed by atoms with van der Waals surface area (Å²) in [6.07, 6.45) is 8.22. The molecule has 0 fully saturated rings. The van der Waals surface area contributed by atoms with Gasteiger partial charge in [-0.2, -0.15) is 0 Å². The van der Waals surface area contributed by atoms with E-state index in [1.165, 1.54) is 5.56 Å². The van der Waals surface area contributed by atoms with Gasteiger partial charge in [-0.25, -0.2) is 4.98 Å². The Kier molecular flexibility index (Phi) is 4.76. The first-order valence-electron chi connectivity index (χ1n) is 7.88. The fourth-order valence-electron chi connectivity index (χ4n) is 2.53. The summed E-state index contributed by atoms with van der Waals surface area (Å²) in [5, 5.41) is 6.63. The summed E-state index contributed by atoms with van der Waals surface area (Å²) in [5.41, 5.74) is 2.26. The molecule has 120 valence electrons. The second-order valence-electron chi connectivity index (χ2n) is 5.69. The molecule has 2 N–H and O–H groups in total. The zero-order valence-electron chi connectivity index (χ0n) is 13.5. The number of aliphatic imine (C=N–C) groups is 1. The molecule has 0 unspecified atom stereocenters. The fraction of sp³-hybridized carbons (Fsp3) is 0.333. The number of hydrogen-bond donors (Lipinski definition) is 2. The lowest BCUT2D eigenvalue weighted by Gasteiger charge is -2.16. The van der Waals surface area contributed by atoms with E-state index in [1.54, 1.807) is 13.2 Å². The lowest BCUT2D eigenvalue weighted by atomic mass is 10.1. The summed E-state index contributed by atoms with van der Waals surface area (Å²) in [7, 11) is 1.77. The van der Waals surface area contributed by atoms with E-state index in [2.05, 4.69) is 51.8 Å². The van der Waals surface area contributed by atoms with Crippen LogP contribution in [-0.4, -0.2) is 24.0 Å². The minimum absolute atomic E-state index is 0.425. The van der Waals surface area contributed by atoms with Crippen LogP contribution in [0.1, 0.15) is 24.3 Å². The molecule has 0 saturated heterocycles. The molecule has 1 aromatic carbocycles. The third-order valence-electron chi connectivity index (χ3n) is 3.87. The fourth-order valence-corrected chi connectivity index (χ4v) is 2.53. The van der Waals surface area contributed by atoms with E-state index in [0.29, 0.717) is 18.5 Å². The molecule has 5 nitrogen and oxygen atoms in total. The van der Waals surface area contributed by atoms with Crippen molar-refractivity contribution in [3.63, 3.8) is 0 Å². The maximum Gasteiger partial charge on any atom is 0.214 e. The molecule has 1 aliphatic carbocycles. The molecule has 0 atom stereocenters. The third-order valence-corrected chi connectivity index (χ3v) is 3.87. The Bertz CT molecular complexity index is 692. The molecule has 0 amide bonds. The Hall–Kier alpha value is -2.56. The van der Waals surface area contributed by atoms with Crippen molar-refractivity contribution in [3.8, 4) is 11.3 Å². The Balaban J connectivity index is 1.57. The van der Waals surface area contributed by atoms with E-state index in [0.717, 1.165) is 30.1 Å². The van der Waals surface area contributed by atoms with Crippen LogP contribution in [0.2, 0.25) is 0 Å². The van der Waals surface area contributed by atoms with Crippen molar-refractivity contribution in [1.82, 2.24) is 15.6 Å². The van der Waals surface area contributed by atoms with Crippen LogP contribution in [0.15, 0.2) is 52.0 Å². The van der Waals surface area contributed by atoms with Gasteiger partial charge in [0.1, 0.15) is 0 Å². The molecule has 5 heteroatoms. The van der Waals surface area contributed by atoms with Gasteiger partial charge in [-0.15, -0.1) is 0 Å². The van der Waals surface area contributed by atoms with Crippen molar-refractivity contribution >= 4 is 5.96 Å². The van der Waals surface area contributed by atoms with Gasteiger partial charge in [0.05, 0.1) is 12.7 Å². The molecule has 1 aromatic heterocycles. The molecule has 0 bridgehead atoms. The zero-order chi connectivity index (χ0) is 16.1. The first-order chi connectivity index (χ1) is 11.2. The summed E-state index contributed by atoms with van der Waals surface area (Å²) in [6, 6.07) is 8.64. The number of guanidine groups is 1. The van der Waals surface area contributed by atoms with Crippen molar-refractivity contribution in [2.75, 3.05) is 7.05 Å². The van der Waals surface area contributed by atoms with Gasteiger partial charge in [-0.05, 0) is 19.8 Å². The average molecular weight is 310 g/mol. The number of hydrogen-bond acceptors (Lipinski definition) is 3. The van der Waals surface area contributed by atoms with E-state index >= 15 is 0 Å². The van der Waals surface area contributed by atoms with Crippen LogP contribution in [0, 0.1) is 6.92 Å². The highest BCUT2D eigenvalue weighted by Gasteiger charge is 2.12. The standard InChI is InChI=1S/C18H22N4O/c1-13-7-9-14(10-8-13)16-11-20-17(23-16)12-21-18(19-2)22-15-5-3-4-6-15/h3-4,7-11,15H,5-6,12H2,1-2H3,(H2,19,21,22). The van der Waals surface area contributed by atoms with Gasteiger partial charge >= 0.3 is 0 Å². The summed E-state index contributed by atoms with van der Waals surface area (Å²) in [4.78, 5) is 8.57. The van der Waals surface area contributed by atoms with Crippen LogP contribution < -0.4 is 10.6 Å². The molecule has 1 aliphatic rings. The highest BCUT2D eigenvalue weighted by Crippen LogP contribution is 2.20. The number of nitrogens with zero attached hydrogens (tertiary/aromatic N) is 2. The summed E-state index contributed by atoms with van der Waals surface area (Å²) < 4.78 is 5.81. The van der Waals surface area contributed by atoms with Crippen LogP contribution in [0.3, 0.4) is 0 Å². The van der Waals surface area contributed by atoms with Gasteiger partial charge in [-0.3, -0.25) is 4.99 Å². The van der Waals surface area contributed by atoms with Gasteiger partial charge in [-0.1, -0.05) is 42.0 Å². The Labute approximate surface area is 136 Å². The Morgan fingerprint density at radius 3 is 2.70 bits per heavy atom. The van der Waals surface area contributed by atoms with E-state index < -0.39 is 0 Å². The molecule has 0 radical (unpaired) electrons. The maximum atomic E-state index is 5.81. The second kappa shape index (κ2) is 7.13. The molecule has 1 heterocycles. The SMILES string of the molecule is CN=C(NCc1ncc(-c2ccc(C)cc2)o1)NC1CC=CC1. The highest BCUT2D eigenvalue weighted by atomic mass is 16.4. The molecule has 3 rings (SSSR count). The molecule has 23 heavy (non-hydrogen) atoms. The smallest absolute Gasteiger partial charge is 0.214 e. The minimum atomic E-state index is 0.425. The molecule has 0 spiro atoms. The Morgan fingerprint density at radius 1 is 1.26 bits per heavy atom. The van der Waals surface area contributed by atoms with Crippen molar-refractivity contribution < 1.29 is 4.42 Å². The first kappa shape index (κ1) is 15.3. The Morgan fingerprint density at radius 2 is 2.00 bits per heavy atom. The lowest BCUT2D eigenvalue weighted by molar-refractivity contribution is 0.495. The maximum absolute atomic E-state index is 5.81. The van der Waals surface area contributed by atoms with E-state index in [9.17, 15) is 0 Å². The van der Waals surface area contributed by atoms with Crippen LogP contribution >= 0.6 is 0 Å². The molecular formula is C18H22N4O. The normalized spacial score (nSPS) is 15.1. The number of nitrogens with one attached hydrogen (secondary N) is 2. The number of rotatable bonds is 4. The predicted octanol–water partition coefficient (Wildman–Crippen LogP) is 3.03. The van der Waals surface area contributed by atoms with E-state index in [-0.39, 0.29) is 0 Å². The van der Waals surface area contributed by atoms with Crippen molar-refractivity contribution in [2.45, 2.75) is 32.4 Å². The van der Waals surface area contributed by atoms with Crippen molar-refractivity contribution in [2.24, 2.45) is 4.99 Å². The van der Waals surface area contributed by atoms with Gasteiger partial charge in [0.2, 0.25) is 5.89 Å². The monoisotopic (exact) mass is 310 g/mol. The van der Waals surface area contributed by atoms with Gasteiger partial charge < -0.3 is 15.1 Å². The molecule has 0 aliphatic heterocycles. The van der Waals surface area contributed by atoms with Gasteiger partial charge in [0.25, 0.3) is 0 Å². The van der Waals surface area contributed by atoms with E-state index in [1.807, 2.05) is 12.1 Å². The summed E-state index contributed by atoms with van der Waals surface area (Å²) >= 11 is 0. The van der Waals surface area contributed by atoms with Crippen LogP contribution in [0.4, 0.5) is 0 Å². The quantitative estimate of drug-likeness (QED) is 0.518. The van der Waals surface area contributed by atoms with Crippen molar-refractivity contribution in [1.29, 1.82) is 0 Å². The highest BCUT2D eigenvalue weighted by molar-refractivity contribution is 5.79. The topological polar surface area (TPSA) is 62.5 Å². The number of aryl methyl sites for hydroxylation is 1. The van der Waals surface area contributed by atoms with Crippen LogP contribution in [0.25, 0.3) is 11.3 Å². The second-order valence-corrected chi connectivity index (χ2v) is 5.69. The predicted molar refractivity (Wildman–Crippen MR) is 92.2 cm³/mol.